The van der Waals surface area contributed by atoms with Gasteiger partial charge in [0, 0.05) is 5.56 Å². The molecule has 7 nitrogen and oxygen atoms in total. The van der Waals surface area contributed by atoms with Gasteiger partial charge < -0.3 is 10.4 Å². The van der Waals surface area contributed by atoms with Crippen molar-refractivity contribution >= 4 is 15.9 Å². The van der Waals surface area contributed by atoms with E-state index in [4.69, 9.17) is 0 Å². The number of carbonyl (C=O) groups is 1. The van der Waals surface area contributed by atoms with E-state index in [9.17, 15) is 40.3 Å². The quantitative estimate of drug-likeness (QED) is 0.464. The average molecular weight is 467 g/mol. The summed E-state index contributed by atoms with van der Waals surface area (Å²) in [7, 11) is -4.77. The number of nitrogens with zero attached hydrogens (tertiary/aromatic N) is 1. The fourth-order valence-corrected chi connectivity index (χ4v) is 2.98. The molecule has 31 heavy (non-hydrogen) atoms. The molecule has 0 radical (unpaired) electrons. The molecule has 0 fully saturated rings. The van der Waals surface area contributed by atoms with E-state index in [0.717, 1.165) is 0 Å². The molecule has 1 amide bonds. The molecule has 1 aromatic carbocycles. The normalized spacial score (nSPS) is 13.9. The number of sulfonamides is 1. The number of halogens is 5. The molecule has 170 valence electrons. The van der Waals surface area contributed by atoms with Crippen molar-refractivity contribution in [2.45, 2.75) is 30.9 Å². The van der Waals surface area contributed by atoms with Gasteiger partial charge in [-0.15, -0.1) is 0 Å². The van der Waals surface area contributed by atoms with E-state index >= 15 is 0 Å². The maximum atomic E-state index is 13.1. The van der Waals surface area contributed by atoms with Crippen LogP contribution in [0, 0.1) is 0 Å². The number of rotatable bonds is 10. The number of pyridine rings is 1. The zero-order chi connectivity index (χ0) is 23.2. The van der Waals surface area contributed by atoms with Gasteiger partial charge in [-0.25, -0.2) is 17.5 Å². The number of alkyl halides is 5. The highest BCUT2D eigenvalue weighted by Gasteiger charge is 2.26. The first-order chi connectivity index (χ1) is 14.5. The monoisotopic (exact) mass is 467 g/mol. The van der Waals surface area contributed by atoms with Crippen LogP contribution in [0.15, 0.2) is 42.5 Å². The first-order valence-corrected chi connectivity index (χ1v) is 10.2. The minimum absolute atomic E-state index is 0.141. The van der Waals surface area contributed by atoms with E-state index in [1.54, 1.807) is 16.1 Å². The number of benzene rings is 1. The number of amides is 1. The van der Waals surface area contributed by atoms with Crippen LogP contribution >= 0.6 is 0 Å². The summed E-state index contributed by atoms with van der Waals surface area (Å²) in [5.74, 6) is -5.28. The van der Waals surface area contributed by atoms with Crippen molar-refractivity contribution < 1.29 is 40.3 Å². The lowest BCUT2D eigenvalue weighted by molar-refractivity contribution is -0.133. The van der Waals surface area contributed by atoms with Crippen molar-refractivity contribution in [1.82, 2.24) is 15.0 Å². The van der Waals surface area contributed by atoms with Crippen LogP contribution in [0.3, 0.4) is 0 Å². The van der Waals surface area contributed by atoms with Crippen molar-refractivity contribution in [2.24, 2.45) is 0 Å². The van der Waals surface area contributed by atoms with Gasteiger partial charge in [-0.3, -0.25) is 9.78 Å². The summed E-state index contributed by atoms with van der Waals surface area (Å²) in [6.45, 7) is -1.74. The Kier molecular flexibility index (Phi) is 8.42. The van der Waals surface area contributed by atoms with Gasteiger partial charge in [0.2, 0.25) is 0 Å². The second kappa shape index (κ2) is 10.6. The molecule has 3 N–H and O–H groups in total. The lowest BCUT2D eigenvalue weighted by Crippen LogP contribution is -2.43. The Bertz CT molecular complexity index is 990. The average Bonchev–Trinajstić information content (AvgIpc) is 2.75. The number of aliphatic hydroxyl groups excluding tert-OH is 1. The first-order valence-electron chi connectivity index (χ1n) is 8.70. The van der Waals surface area contributed by atoms with Gasteiger partial charge in [0.25, 0.3) is 15.9 Å². The molecule has 0 saturated heterocycles. The van der Waals surface area contributed by atoms with Crippen LogP contribution in [-0.2, 0) is 21.4 Å². The zero-order valence-electron chi connectivity index (χ0n) is 15.7. The fourth-order valence-electron chi connectivity index (χ4n) is 2.51. The van der Waals surface area contributed by atoms with Crippen LogP contribution in [-0.4, -0.2) is 49.3 Å². The standard InChI is InChI=1S/C18H18F5N3O4S/c19-8-14(26-17(28)16(20)21)15(27)11-6-4-10(5-7-11)13-3-1-2-12(25-13)9-24-31(29,30)18(22)23/h1-7,14-16,18,24,27H,8-9H2,(H,26,28)/t14-,15-/m1/s1. The number of hydrogen-bond donors (Lipinski definition) is 3. The summed E-state index contributed by atoms with van der Waals surface area (Å²) < 4.78 is 86.5. The third kappa shape index (κ3) is 6.67. The van der Waals surface area contributed by atoms with E-state index in [2.05, 4.69) is 4.98 Å². The maximum Gasteiger partial charge on any atom is 0.350 e. The smallest absolute Gasteiger partial charge is 0.350 e. The van der Waals surface area contributed by atoms with Crippen LogP contribution in [0.5, 0.6) is 0 Å². The molecule has 2 rings (SSSR count). The third-order valence-electron chi connectivity index (χ3n) is 4.12. The van der Waals surface area contributed by atoms with Crippen LogP contribution in [0.1, 0.15) is 17.4 Å². The Morgan fingerprint density at radius 3 is 2.26 bits per heavy atom. The summed E-state index contributed by atoms with van der Waals surface area (Å²) in [6.07, 6.45) is -4.95. The second-order valence-electron chi connectivity index (χ2n) is 6.28. The third-order valence-corrected chi connectivity index (χ3v) is 5.13. The Balaban J connectivity index is 2.13. The summed E-state index contributed by atoms with van der Waals surface area (Å²) in [4.78, 5) is 15.2. The van der Waals surface area contributed by atoms with E-state index in [0.29, 0.717) is 11.3 Å². The molecule has 0 aliphatic rings. The van der Waals surface area contributed by atoms with E-state index in [-0.39, 0.29) is 11.3 Å². The molecule has 0 saturated carbocycles. The summed E-state index contributed by atoms with van der Waals surface area (Å²) in [6, 6.07) is 8.61. The highest BCUT2D eigenvalue weighted by molar-refractivity contribution is 7.89. The molecule has 0 aliphatic carbocycles. The molecule has 2 aromatic rings. The lowest BCUT2D eigenvalue weighted by Gasteiger charge is -2.21. The topological polar surface area (TPSA) is 108 Å². The van der Waals surface area contributed by atoms with Crippen molar-refractivity contribution in [3.63, 3.8) is 0 Å². The first kappa shape index (κ1) is 24.6. The Labute approximate surface area is 174 Å². The van der Waals surface area contributed by atoms with Gasteiger partial charge >= 0.3 is 12.2 Å². The highest BCUT2D eigenvalue weighted by atomic mass is 32.2. The predicted molar refractivity (Wildman–Crippen MR) is 100 cm³/mol. The summed E-state index contributed by atoms with van der Waals surface area (Å²) in [5, 5.41) is 11.9. The number of aliphatic hydroxyl groups is 1. The molecule has 1 aromatic heterocycles. The molecule has 0 aliphatic heterocycles. The number of nitrogens with one attached hydrogen (secondary N) is 2. The molecule has 0 unspecified atom stereocenters. The summed E-state index contributed by atoms with van der Waals surface area (Å²) >= 11 is 0. The fraction of sp³-hybridized carbons (Fsp3) is 0.333. The van der Waals surface area contributed by atoms with Crippen molar-refractivity contribution in [1.29, 1.82) is 0 Å². The Morgan fingerprint density at radius 2 is 1.71 bits per heavy atom. The Morgan fingerprint density at radius 1 is 1.06 bits per heavy atom. The van der Waals surface area contributed by atoms with Gasteiger partial charge in [0.15, 0.2) is 0 Å². The highest BCUT2D eigenvalue weighted by Crippen LogP contribution is 2.23. The zero-order valence-corrected chi connectivity index (χ0v) is 16.5. The van der Waals surface area contributed by atoms with Gasteiger partial charge in [-0.2, -0.15) is 17.6 Å². The molecular weight excluding hydrogens is 449 g/mol. The molecule has 2 atom stereocenters. The van der Waals surface area contributed by atoms with Gasteiger partial charge in [-0.1, -0.05) is 30.3 Å². The predicted octanol–water partition coefficient (Wildman–Crippen LogP) is 2.14. The van der Waals surface area contributed by atoms with Gasteiger partial charge in [0.1, 0.15) is 12.8 Å². The van der Waals surface area contributed by atoms with Gasteiger partial charge in [-0.05, 0) is 17.7 Å². The van der Waals surface area contributed by atoms with Crippen molar-refractivity contribution in [2.75, 3.05) is 6.67 Å². The molecular formula is C18H18F5N3O4S. The van der Waals surface area contributed by atoms with Crippen LogP contribution in [0.4, 0.5) is 22.0 Å². The minimum atomic E-state index is -4.77. The molecule has 0 spiro atoms. The van der Waals surface area contributed by atoms with Crippen LogP contribution in [0.25, 0.3) is 11.3 Å². The number of hydrogen-bond acceptors (Lipinski definition) is 5. The minimum Gasteiger partial charge on any atom is -0.386 e. The number of carbonyl (C=O) groups excluding carboxylic acids is 1. The molecule has 0 bridgehead atoms. The Hall–Kier alpha value is -2.64. The van der Waals surface area contributed by atoms with E-state index < -0.39 is 53.5 Å². The van der Waals surface area contributed by atoms with E-state index in [1.807, 2.05) is 0 Å². The summed E-state index contributed by atoms with van der Waals surface area (Å²) in [5.41, 5.74) is 1.14. The molecule has 1 heterocycles. The van der Waals surface area contributed by atoms with Crippen molar-refractivity contribution in [3.05, 3.63) is 53.7 Å². The molecule has 13 heteroatoms. The lowest BCUT2D eigenvalue weighted by atomic mass is 10.0. The van der Waals surface area contributed by atoms with Gasteiger partial charge in [0.05, 0.1) is 24.0 Å². The van der Waals surface area contributed by atoms with Crippen LogP contribution < -0.4 is 10.0 Å². The SMILES string of the molecule is O=C(N[C@H](CF)[C@H](O)c1ccc(-c2cccc(CNS(=O)(=O)C(F)F)n2)cc1)C(F)F. The van der Waals surface area contributed by atoms with E-state index in [1.165, 1.54) is 36.4 Å². The maximum absolute atomic E-state index is 13.1. The van der Waals surface area contributed by atoms with Crippen LogP contribution in [0.2, 0.25) is 0 Å². The second-order valence-corrected chi connectivity index (χ2v) is 8.01. The van der Waals surface area contributed by atoms with Crippen molar-refractivity contribution in [3.8, 4) is 11.3 Å². The number of aromatic nitrogens is 1. The largest absolute Gasteiger partial charge is 0.386 e.